The van der Waals surface area contributed by atoms with Gasteiger partial charge in [0, 0.05) is 24.5 Å². The number of aromatic hydroxyl groups is 1. The highest BCUT2D eigenvalue weighted by molar-refractivity contribution is 7.20. The molecule has 1 amide bonds. The highest BCUT2D eigenvalue weighted by Gasteiger charge is 2.55. The predicted molar refractivity (Wildman–Crippen MR) is 160 cm³/mol. The third-order valence-corrected chi connectivity index (χ3v) is 8.82. The van der Waals surface area contributed by atoms with Crippen LogP contribution in [0.3, 0.4) is 0 Å². The minimum absolute atomic E-state index is 0.0621. The number of aromatic nitrogens is 4. The molecule has 2 aromatic carbocycles. The van der Waals surface area contributed by atoms with Crippen molar-refractivity contribution in [3.63, 3.8) is 0 Å². The Kier molecular flexibility index (Phi) is 8.86. The van der Waals surface area contributed by atoms with E-state index in [1.807, 2.05) is 0 Å². The lowest BCUT2D eigenvalue weighted by Crippen LogP contribution is -2.37. The molecule has 50 heavy (non-hydrogen) atoms. The summed E-state index contributed by atoms with van der Waals surface area (Å²) in [7, 11) is 0. The third-order valence-electron chi connectivity index (χ3n) is 8.03. The summed E-state index contributed by atoms with van der Waals surface area (Å²) in [5, 5.41) is 15.4. The van der Waals surface area contributed by atoms with Gasteiger partial charge in [-0.1, -0.05) is 17.4 Å². The van der Waals surface area contributed by atoms with Gasteiger partial charge in [-0.05, 0) is 54.8 Å². The van der Waals surface area contributed by atoms with E-state index in [-0.39, 0.29) is 43.0 Å². The van der Waals surface area contributed by atoms with Crippen molar-refractivity contribution >= 4 is 33.4 Å². The number of hydrogen-bond donors (Lipinski definition) is 2. The first kappa shape index (κ1) is 34.8. The lowest BCUT2D eigenvalue weighted by atomic mass is 9.89. The van der Waals surface area contributed by atoms with Gasteiger partial charge < -0.3 is 10.4 Å². The van der Waals surface area contributed by atoms with Crippen LogP contribution in [0.15, 0.2) is 42.5 Å². The fourth-order valence-electron chi connectivity index (χ4n) is 5.92. The van der Waals surface area contributed by atoms with Crippen LogP contribution in [-0.2, 0) is 29.6 Å². The monoisotopic (exact) mass is 727 g/mol. The van der Waals surface area contributed by atoms with Gasteiger partial charge in [-0.3, -0.25) is 14.3 Å². The number of carbonyl (C=O) groups is 2. The van der Waals surface area contributed by atoms with E-state index in [1.165, 1.54) is 18.2 Å². The second kappa shape index (κ2) is 12.7. The topological polar surface area (TPSA) is 110 Å². The zero-order valence-corrected chi connectivity index (χ0v) is 26.2. The quantitative estimate of drug-likeness (QED) is 0.118. The fraction of sp³-hybridized carbons (Fsp3) is 0.281. The normalized spacial score (nSPS) is 15.7. The van der Waals surface area contributed by atoms with Crippen molar-refractivity contribution in [3.05, 3.63) is 93.7 Å². The number of fused-ring (bicyclic) bond motifs is 2. The highest BCUT2D eigenvalue weighted by Crippen LogP contribution is 2.52. The van der Waals surface area contributed by atoms with Gasteiger partial charge in [-0.25, -0.2) is 35.7 Å². The van der Waals surface area contributed by atoms with Crippen LogP contribution >= 0.6 is 11.3 Å². The first-order valence-electron chi connectivity index (χ1n) is 14.6. The maximum absolute atomic E-state index is 15.0. The van der Waals surface area contributed by atoms with Gasteiger partial charge in [0.15, 0.2) is 11.4 Å². The molecule has 1 aliphatic rings. The lowest BCUT2D eigenvalue weighted by molar-refractivity contribution is -0.123. The molecule has 0 radical (unpaired) electrons. The van der Waals surface area contributed by atoms with Crippen molar-refractivity contribution in [1.29, 1.82) is 0 Å². The van der Waals surface area contributed by atoms with Crippen molar-refractivity contribution < 1.29 is 54.2 Å². The summed E-state index contributed by atoms with van der Waals surface area (Å²) in [5.41, 5.74) is -5.17. The first-order valence-corrected chi connectivity index (χ1v) is 15.5. The van der Waals surface area contributed by atoms with Crippen LogP contribution in [0, 0.1) is 17.5 Å². The van der Waals surface area contributed by atoms with Crippen LogP contribution < -0.4 is 5.32 Å². The number of Topliss-reactive ketones (excluding diaryl/α,β-unsaturated/α-hetero) is 1. The molecule has 0 aliphatic heterocycles. The van der Waals surface area contributed by atoms with Crippen LogP contribution in [0.4, 0.5) is 39.5 Å². The highest BCUT2D eigenvalue weighted by atomic mass is 32.1. The number of halogens is 9. The minimum atomic E-state index is -4.09. The van der Waals surface area contributed by atoms with Gasteiger partial charge in [0.2, 0.25) is 5.91 Å². The first-order chi connectivity index (χ1) is 23.4. The summed E-state index contributed by atoms with van der Waals surface area (Å²) >= 11 is 0.785. The van der Waals surface area contributed by atoms with Crippen molar-refractivity contribution in [3.8, 4) is 16.3 Å². The molecule has 1 atom stereocenters. The Morgan fingerprint density at radius 2 is 1.64 bits per heavy atom. The Hall–Kier alpha value is -5.00. The number of benzene rings is 2. The zero-order chi connectivity index (χ0) is 36.3. The maximum atomic E-state index is 15.0. The summed E-state index contributed by atoms with van der Waals surface area (Å²) < 4.78 is 130. The number of alkyl halides is 6. The van der Waals surface area contributed by atoms with Crippen molar-refractivity contribution in [1.82, 2.24) is 25.1 Å². The Morgan fingerprint density at radius 3 is 2.30 bits per heavy atom. The number of ketones is 1. The molecule has 18 heteroatoms. The molecule has 0 unspecified atom stereocenters. The summed E-state index contributed by atoms with van der Waals surface area (Å²) in [6, 6.07) is 5.81. The Labute approximate surface area is 279 Å². The number of carbonyl (C=O) groups excluding carboxylic acids is 2. The second-order valence-electron chi connectivity index (χ2n) is 11.6. The maximum Gasteiger partial charge on any atom is 0.290 e. The summed E-state index contributed by atoms with van der Waals surface area (Å²) in [4.78, 5) is 34.0. The average molecular weight is 728 g/mol. The van der Waals surface area contributed by atoms with Gasteiger partial charge in [0.25, 0.3) is 23.5 Å². The number of rotatable bonds is 9. The number of hydrogen-bond acceptors (Lipinski definition) is 7. The number of nitrogens with zero attached hydrogens (tertiary/aromatic N) is 4. The fourth-order valence-corrected chi connectivity index (χ4v) is 6.61. The largest absolute Gasteiger partial charge is 0.486 e. The molecule has 2 N–H and O–H groups in total. The Morgan fingerprint density at radius 1 is 0.960 bits per heavy atom. The van der Waals surface area contributed by atoms with E-state index in [0.717, 1.165) is 36.5 Å². The molecular weight excluding hydrogens is 705 g/mol. The number of pyridine rings is 1. The summed E-state index contributed by atoms with van der Waals surface area (Å²) in [6.45, 7) is -0.158. The molecule has 3 heterocycles. The van der Waals surface area contributed by atoms with Crippen molar-refractivity contribution in [2.45, 2.75) is 57.0 Å². The molecule has 8 nitrogen and oxygen atoms in total. The van der Waals surface area contributed by atoms with Gasteiger partial charge in [-0.15, -0.1) is 0 Å². The molecule has 5 aromatic rings. The van der Waals surface area contributed by atoms with Crippen molar-refractivity contribution in [2.24, 2.45) is 0 Å². The van der Waals surface area contributed by atoms with E-state index >= 15 is 0 Å². The minimum Gasteiger partial charge on any atom is -0.486 e. The predicted octanol–water partition coefficient (Wildman–Crippen LogP) is 7.90. The van der Waals surface area contributed by atoms with Crippen LogP contribution in [-0.4, -0.2) is 36.5 Å². The Balaban J connectivity index is 1.48. The molecule has 0 saturated carbocycles. The standard InChI is InChI=1S/C32H22F9N5O3S/c1-13(47)18-9-15(2-3-20(18)35)19-11-22-29(44-30(49)50-22)43-25(19)21(8-14-6-16(33)10-17(34)7-14)42-23(48)12-46-27-24(26(45-46)28(36)37)31(38,39)4-5-32(27,40)41/h2-3,6-7,9-11,21,28H,4-5,8,12H2,1H3,(H,42,48)(H,43,44,49)/t21-/m0/s1. The lowest BCUT2D eigenvalue weighted by Gasteiger charge is -2.29. The average Bonchev–Trinajstić information content (AvgIpc) is 3.59. The van der Waals surface area contributed by atoms with Gasteiger partial charge in [0.1, 0.15) is 35.4 Å². The van der Waals surface area contributed by atoms with Crippen LogP contribution in [0.2, 0.25) is 0 Å². The smallest absolute Gasteiger partial charge is 0.290 e. The van der Waals surface area contributed by atoms with Crippen LogP contribution in [0.1, 0.15) is 70.8 Å². The van der Waals surface area contributed by atoms with E-state index in [9.17, 15) is 54.2 Å². The zero-order valence-electron chi connectivity index (χ0n) is 25.4. The van der Waals surface area contributed by atoms with Gasteiger partial charge in [0.05, 0.1) is 27.6 Å². The van der Waals surface area contributed by atoms with Crippen molar-refractivity contribution in [2.75, 3.05) is 0 Å². The molecule has 3 aromatic heterocycles. The molecular formula is C32H22F9N5O3S. The van der Waals surface area contributed by atoms with E-state index < -0.39 is 101 Å². The second-order valence-corrected chi connectivity index (χ2v) is 12.6. The van der Waals surface area contributed by atoms with Crippen LogP contribution in [0.5, 0.6) is 5.19 Å². The van der Waals surface area contributed by atoms with E-state index in [2.05, 4.69) is 20.4 Å². The molecule has 0 spiro atoms. The van der Waals surface area contributed by atoms with E-state index in [1.54, 1.807) is 0 Å². The third kappa shape index (κ3) is 6.63. The van der Waals surface area contributed by atoms with Crippen LogP contribution in [0.25, 0.3) is 21.5 Å². The Bertz CT molecular complexity index is 2150. The van der Waals surface area contributed by atoms with E-state index in [0.29, 0.717) is 6.07 Å². The number of nitrogens with one attached hydrogen (secondary N) is 1. The van der Waals surface area contributed by atoms with Gasteiger partial charge in [-0.2, -0.15) is 18.9 Å². The van der Waals surface area contributed by atoms with E-state index in [4.69, 9.17) is 0 Å². The summed E-state index contributed by atoms with van der Waals surface area (Å²) in [6.07, 6.45) is -7.00. The SMILES string of the molecule is CC(=O)c1cc(-c2cc3sc(O)nc3nc2[C@H](Cc2cc(F)cc(F)c2)NC(=O)Cn2nc(C(F)F)c3c2C(F)(F)CCC3(F)F)ccc1F. The summed E-state index contributed by atoms with van der Waals surface area (Å²) in [5.74, 6) is -12.9. The molecule has 0 saturated heterocycles. The molecule has 262 valence electrons. The molecule has 0 bridgehead atoms. The molecule has 0 fully saturated rings. The number of thiazole rings is 1. The number of amides is 1. The van der Waals surface area contributed by atoms with Gasteiger partial charge >= 0.3 is 0 Å². The molecule has 1 aliphatic carbocycles. The molecule has 6 rings (SSSR count).